The van der Waals surface area contributed by atoms with E-state index in [-0.39, 0.29) is 0 Å². The van der Waals surface area contributed by atoms with Gasteiger partial charge in [-0.25, -0.2) is 0 Å². The van der Waals surface area contributed by atoms with E-state index < -0.39 is 0 Å². The highest BCUT2D eigenvalue weighted by Gasteiger charge is 2.25. The Morgan fingerprint density at radius 2 is 1.68 bits per heavy atom. The van der Waals surface area contributed by atoms with Crippen molar-refractivity contribution in [2.24, 2.45) is 17.0 Å². The lowest BCUT2D eigenvalue weighted by Crippen LogP contribution is -2.28. The van der Waals surface area contributed by atoms with Crippen molar-refractivity contribution in [3.05, 3.63) is 29.8 Å². The quantitative estimate of drug-likeness (QED) is 0.506. The minimum Gasteiger partial charge on any atom is -0.490 e. The standard InChI is InChI=1S/C16H23NO2/c1-11-8-12(2)10-16(9-11)19-15-6-4-14(5-7-15)13(3)17-18/h4-7,11-12,16,18H,8-10H2,1-3H3. The first-order chi connectivity index (χ1) is 9.08. The van der Waals surface area contributed by atoms with Gasteiger partial charge in [0.1, 0.15) is 5.75 Å². The van der Waals surface area contributed by atoms with Gasteiger partial charge < -0.3 is 9.94 Å². The molecule has 2 unspecified atom stereocenters. The first-order valence-electron chi connectivity index (χ1n) is 7.04. The number of hydrogen-bond donors (Lipinski definition) is 1. The van der Waals surface area contributed by atoms with E-state index in [0.717, 1.165) is 36.0 Å². The molecule has 0 radical (unpaired) electrons. The van der Waals surface area contributed by atoms with Crippen LogP contribution in [0.25, 0.3) is 0 Å². The van der Waals surface area contributed by atoms with E-state index >= 15 is 0 Å². The Balaban J connectivity index is 1.99. The molecule has 0 heterocycles. The summed E-state index contributed by atoms with van der Waals surface area (Å²) in [6.45, 7) is 6.38. The first kappa shape index (κ1) is 13.9. The molecule has 2 atom stereocenters. The number of benzene rings is 1. The molecule has 0 aliphatic heterocycles. The van der Waals surface area contributed by atoms with E-state index in [1.54, 1.807) is 6.92 Å². The lowest BCUT2D eigenvalue weighted by atomic mass is 9.82. The Hall–Kier alpha value is -1.51. The van der Waals surface area contributed by atoms with Crippen LogP contribution in [0.2, 0.25) is 0 Å². The van der Waals surface area contributed by atoms with Crippen LogP contribution in [0.4, 0.5) is 0 Å². The Morgan fingerprint density at radius 3 is 2.21 bits per heavy atom. The highest BCUT2D eigenvalue weighted by Crippen LogP contribution is 2.31. The SMILES string of the molecule is CC(=NO)c1ccc(OC2CC(C)CC(C)C2)cc1. The summed E-state index contributed by atoms with van der Waals surface area (Å²) >= 11 is 0. The van der Waals surface area contributed by atoms with Gasteiger partial charge in [0.2, 0.25) is 0 Å². The minimum absolute atomic E-state index is 0.331. The van der Waals surface area contributed by atoms with E-state index in [1.807, 2.05) is 24.3 Å². The smallest absolute Gasteiger partial charge is 0.119 e. The zero-order valence-corrected chi connectivity index (χ0v) is 12.0. The topological polar surface area (TPSA) is 41.8 Å². The summed E-state index contributed by atoms with van der Waals surface area (Å²) in [5.41, 5.74) is 1.53. The van der Waals surface area contributed by atoms with Gasteiger partial charge in [0.05, 0.1) is 11.8 Å². The second kappa shape index (κ2) is 6.09. The van der Waals surface area contributed by atoms with E-state index in [1.165, 1.54) is 6.42 Å². The minimum atomic E-state index is 0.331. The van der Waals surface area contributed by atoms with Crippen molar-refractivity contribution in [3.63, 3.8) is 0 Å². The van der Waals surface area contributed by atoms with Gasteiger partial charge in [-0.3, -0.25) is 0 Å². The van der Waals surface area contributed by atoms with Crippen molar-refractivity contribution in [2.75, 3.05) is 0 Å². The van der Waals surface area contributed by atoms with Crippen molar-refractivity contribution in [1.29, 1.82) is 0 Å². The molecular formula is C16H23NO2. The molecule has 0 saturated heterocycles. The maximum absolute atomic E-state index is 8.73. The fraction of sp³-hybridized carbons (Fsp3) is 0.562. The Morgan fingerprint density at radius 1 is 1.11 bits per heavy atom. The van der Waals surface area contributed by atoms with Crippen LogP contribution in [0.1, 0.15) is 45.6 Å². The fourth-order valence-electron chi connectivity index (χ4n) is 2.99. The maximum atomic E-state index is 8.73. The Bertz CT molecular complexity index is 429. The molecule has 19 heavy (non-hydrogen) atoms. The van der Waals surface area contributed by atoms with Crippen LogP contribution >= 0.6 is 0 Å². The summed E-state index contributed by atoms with van der Waals surface area (Å²) in [4.78, 5) is 0. The lowest BCUT2D eigenvalue weighted by molar-refractivity contribution is 0.101. The van der Waals surface area contributed by atoms with Crippen LogP contribution in [0, 0.1) is 11.8 Å². The monoisotopic (exact) mass is 261 g/mol. The molecular weight excluding hydrogens is 238 g/mol. The lowest BCUT2D eigenvalue weighted by Gasteiger charge is -2.31. The predicted molar refractivity (Wildman–Crippen MR) is 77.0 cm³/mol. The molecule has 0 amide bonds. The highest BCUT2D eigenvalue weighted by atomic mass is 16.5. The van der Waals surface area contributed by atoms with Crippen LogP contribution in [-0.4, -0.2) is 17.0 Å². The van der Waals surface area contributed by atoms with E-state index in [2.05, 4.69) is 19.0 Å². The van der Waals surface area contributed by atoms with Crippen LogP contribution in [-0.2, 0) is 0 Å². The fourth-order valence-corrected chi connectivity index (χ4v) is 2.99. The number of oxime groups is 1. The van der Waals surface area contributed by atoms with Gasteiger partial charge in [-0.05, 0) is 67.9 Å². The molecule has 3 nitrogen and oxygen atoms in total. The molecule has 1 fully saturated rings. The van der Waals surface area contributed by atoms with Gasteiger partial charge in [0.15, 0.2) is 0 Å². The van der Waals surface area contributed by atoms with Crippen LogP contribution in [0.3, 0.4) is 0 Å². The predicted octanol–water partition coefficient (Wildman–Crippen LogP) is 4.09. The molecule has 1 saturated carbocycles. The zero-order chi connectivity index (χ0) is 13.8. The zero-order valence-electron chi connectivity index (χ0n) is 12.0. The van der Waals surface area contributed by atoms with E-state index in [9.17, 15) is 0 Å². The van der Waals surface area contributed by atoms with Crippen molar-refractivity contribution in [2.45, 2.75) is 46.1 Å². The molecule has 1 aliphatic rings. The third-order valence-electron chi connectivity index (χ3n) is 3.86. The maximum Gasteiger partial charge on any atom is 0.119 e. The van der Waals surface area contributed by atoms with Crippen molar-refractivity contribution in [1.82, 2.24) is 0 Å². The number of nitrogens with zero attached hydrogens (tertiary/aromatic N) is 1. The third-order valence-corrected chi connectivity index (χ3v) is 3.86. The summed E-state index contributed by atoms with van der Waals surface area (Å²) in [7, 11) is 0. The molecule has 0 aromatic heterocycles. The first-order valence-corrected chi connectivity index (χ1v) is 7.04. The molecule has 1 aromatic carbocycles. The normalized spacial score (nSPS) is 28.2. The summed E-state index contributed by atoms with van der Waals surface area (Å²) < 4.78 is 6.06. The number of hydrogen-bond acceptors (Lipinski definition) is 3. The number of ether oxygens (including phenoxy) is 1. The molecule has 0 spiro atoms. The summed E-state index contributed by atoms with van der Waals surface area (Å²) in [5, 5.41) is 11.9. The molecule has 1 N–H and O–H groups in total. The second-order valence-electron chi connectivity index (χ2n) is 5.87. The van der Waals surface area contributed by atoms with Crippen LogP contribution in [0.15, 0.2) is 29.4 Å². The van der Waals surface area contributed by atoms with Crippen LogP contribution in [0.5, 0.6) is 5.75 Å². The van der Waals surface area contributed by atoms with Crippen LogP contribution < -0.4 is 4.74 Å². The average molecular weight is 261 g/mol. The van der Waals surface area contributed by atoms with Gasteiger partial charge in [0.25, 0.3) is 0 Å². The number of rotatable bonds is 3. The molecule has 1 aliphatic carbocycles. The second-order valence-corrected chi connectivity index (χ2v) is 5.87. The summed E-state index contributed by atoms with van der Waals surface area (Å²) in [6, 6.07) is 7.77. The average Bonchev–Trinajstić information content (AvgIpc) is 2.37. The highest BCUT2D eigenvalue weighted by molar-refractivity contribution is 5.98. The van der Waals surface area contributed by atoms with E-state index in [0.29, 0.717) is 11.8 Å². The molecule has 104 valence electrons. The largest absolute Gasteiger partial charge is 0.490 e. The molecule has 3 heteroatoms. The molecule has 0 bridgehead atoms. The third kappa shape index (κ3) is 3.72. The summed E-state index contributed by atoms with van der Waals surface area (Å²) in [5.74, 6) is 2.40. The summed E-state index contributed by atoms with van der Waals surface area (Å²) in [6.07, 6.45) is 3.93. The van der Waals surface area contributed by atoms with Gasteiger partial charge in [-0.15, -0.1) is 0 Å². The van der Waals surface area contributed by atoms with Crippen molar-refractivity contribution >= 4 is 5.71 Å². The van der Waals surface area contributed by atoms with Crippen molar-refractivity contribution in [3.8, 4) is 5.75 Å². The van der Waals surface area contributed by atoms with Gasteiger partial charge in [-0.2, -0.15) is 0 Å². The van der Waals surface area contributed by atoms with Gasteiger partial charge in [0, 0.05) is 0 Å². The molecule has 2 rings (SSSR count). The van der Waals surface area contributed by atoms with Crippen molar-refractivity contribution < 1.29 is 9.94 Å². The van der Waals surface area contributed by atoms with Gasteiger partial charge in [-0.1, -0.05) is 19.0 Å². The Kier molecular flexibility index (Phi) is 4.46. The van der Waals surface area contributed by atoms with E-state index in [4.69, 9.17) is 9.94 Å². The van der Waals surface area contributed by atoms with Gasteiger partial charge >= 0.3 is 0 Å². The Labute approximate surface area is 115 Å². The molecule has 1 aromatic rings.